The predicted octanol–water partition coefficient (Wildman–Crippen LogP) is 5.24. The smallest absolute Gasteiger partial charge is 0.254 e. The summed E-state index contributed by atoms with van der Waals surface area (Å²) in [6.45, 7) is 5.29. The lowest BCUT2D eigenvalue weighted by atomic mass is 10.1. The van der Waals surface area contributed by atoms with E-state index in [0.717, 1.165) is 17.7 Å². The molecule has 2 aromatic carbocycles. The third-order valence-electron chi connectivity index (χ3n) is 4.11. The Bertz CT molecular complexity index is 1060. The van der Waals surface area contributed by atoms with E-state index in [1.54, 1.807) is 37.3 Å². The van der Waals surface area contributed by atoms with Crippen molar-refractivity contribution in [2.75, 3.05) is 0 Å². The lowest BCUT2D eigenvalue weighted by molar-refractivity contribution is 0.0989. The van der Waals surface area contributed by atoms with Crippen molar-refractivity contribution in [3.63, 3.8) is 0 Å². The second-order valence-corrected chi connectivity index (χ2v) is 6.62. The molecule has 0 radical (unpaired) electrons. The summed E-state index contributed by atoms with van der Waals surface area (Å²) >= 11 is 5.93. The fraction of sp³-hybridized carbons (Fsp3) is 0.143. The number of ether oxygens (including phenoxy) is 1. The highest BCUT2D eigenvalue weighted by Gasteiger charge is 2.24. The third kappa shape index (κ3) is 4.30. The fourth-order valence-corrected chi connectivity index (χ4v) is 2.86. The number of aromatic nitrogens is 1. The van der Waals surface area contributed by atoms with Crippen LogP contribution in [0.4, 0.5) is 8.78 Å². The first kappa shape index (κ1) is 20.5. The summed E-state index contributed by atoms with van der Waals surface area (Å²) in [5, 5.41) is 0.580. The molecule has 0 saturated heterocycles. The maximum Gasteiger partial charge on any atom is 0.254 e. The number of nitrogens with zero attached hydrogens (tertiary/aromatic N) is 1. The molecule has 0 spiro atoms. The molecule has 29 heavy (non-hydrogen) atoms. The Kier molecular flexibility index (Phi) is 5.98. The van der Waals surface area contributed by atoms with Crippen LogP contribution in [-0.2, 0) is 6.42 Å². The molecule has 1 unspecified atom stereocenters. The molecule has 3 rings (SSSR count). The van der Waals surface area contributed by atoms with E-state index in [2.05, 4.69) is 11.6 Å². The second kappa shape index (κ2) is 8.45. The molecular weight excluding hydrogens is 402 g/mol. The van der Waals surface area contributed by atoms with Crippen LogP contribution in [-0.4, -0.2) is 10.9 Å². The first-order chi connectivity index (χ1) is 13.8. The highest BCUT2D eigenvalue weighted by molar-refractivity contribution is 6.30. The zero-order valence-electron chi connectivity index (χ0n) is 15.4. The van der Waals surface area contributed by atoms with Gasteiger partial charge in [0.2, 0.25) is 5.89 Å². The first-order valence-corrected chi connectivity index (χ1v) is 9.00. The Morgan fingerprint density at radius 1 is 1.31 bits per heavy atom. The molecule has 2 N–H and O–H groups in total. The summed E-state index contributed by atoms with van der Waals surface area (Å²) in [5.41, 5.74) is 5.52. The van der Waals surface area contributed by atoms with E-state index >= 15 is 0 Å². The molecule has 8 heteroatoms. The molecule has 0 aliphatic heterocycles. The van der Waals surface area contributed by atoms with Crippen LogP contribution < -0.4 is 10.5 Å². The third-order valence-corrected chi connectivity index (χ3v) is 4.37. The maximum absolute atomic E-state index is 14.4. The Morgan fingerprint density at radius 3 is 2.62 bits per heavy atom. The highest BCUT2D eigenvalue weighted by Crippen LogP contribution is 2.31. The summed E-state index contributed by atoms with van der Waals surface area (Å²) in [5.74, 6) is -3.09. The minimum absolute atomic E-state index is 0.177. The molecule has 1 atom stereocenters. The van der Waals surface area contributed by atoms with Crippen LogP contribution >= 0.6 is 11.6 Å². The standard InChI is InChI=1S/C21H17ClF2N2O3/c1-3-4-16-19(12-5-7-13(22)8-6-12)26-21(29-16)11(2)28-15-10-9-14(23)17(18(15)24)20(25)27/h3,5-11H,1,4H2,2H3,(H2,25,27). The van der Waals surface area contributed by atoms with Crippen molar-refractivity contribution in [2.45, 2.75) is 19.4 Å². The summed E-state index contributed by atoms with van der Waals surface area (Å²) in [7, 11) is 0. The Balaban J connectivity index is 1.94. The fourth-order valence-electron chi connectivity index (χ4n) is 2.74. The van der Waals surface area contributed by atoms with Gasteiger partial charge in [-0.1, -0.05) is 29.8 Å². The summed E-state index contributed by atoms with van der Waals surface area (Å²) in [6, 6.07) is 9.01. The van der Waals surface area contributed by atoms with Crippen molar-refractivity contribution >= 4 is 17.5 Å². The average molecular weight is 419 g/mol. The van der Waals surface area contributed by atoms with E-state index < -0.39 is 29.2 Å². The molecule has 0 aliphatic carbocycles. The summed E-state index contributed by atoms with van der Waals surface area (Å²) in [6.07, 6.45) is 1.24. The van der Waals surface area contributed by atoms with Crippen molar-refractivity contribution < 1.29 is 22.7 Å². The van der Waals surface area contributed by atoms with Crippen molar-refractivity contribution in [1.82, 2.24) is 4.98 Å². The number of hydrogen-bond donors (Lipinski definition) is 1. The Labute approximate surface area is 170 Å². The Hall–Kier alpha value is -3.19. The molecule has 0 aliphatic rings. The van der Waals surface area contributed by atoms with Gasteiger partial charge < -0.3 is 14.9 Å². The molecule has 0 saturated carbocycles. The summed E-state index contributed by atoms with van der Waals surface area (Å²) in [4.78, 5) is 15.7. The van der Waals surface area contributed by atoms with E-state index in [0.29, 0.717) is 22.9 Å². The highest BCUT2D eigenvalue weighted by atomic mass is 35.5. The summed E-state index contributed by atoms with van der Waals surface area (Å²) < 4.78 is 39.4. The number of primary amides is 1. The number of amides is 1. The number of oxazole rings is 1. The monoisotopic (exact) mass is 418 g/mol. The van der Waals surface area contributed by atoms with Crippen molar-refractivity contribution in [3.8, 4) is 17.0 Å². The molecule has 1 heterocycles. The number of allylic oxidation sites excluding steroid dienone is 1. The molecular formula is C21H17ClF2N2O3. The van der Waals surface area contributed by atoms with Gasteiger partial charge >= 0.3 is 0 Å². The minimum atomic E-state index is -1.23. The molecule has 0 fully saturated rings. The van der Waals surface area contributed by atoms with Crippen molar-refractivity contribution in [3.05, 3.63) is 82.9 Å². The average Bonchev–Trinajstić information content (AvgIpc) is 3.09. The molecule has 1 amide bonds. The van der Waals surface area contributed by atoms with Crippen LogP contribution in [0.25, 0.3) is 11.3 Å². The molecule has 0 bridgehead atoms. The minimum Gasteiger partial charge on any atom is -0.478 e. The zero-order valence-corrected chi connectivity index (χ0v) is 16.2. The lowest BCUT2D eigenvalue weighted by Crippen LogP contribution is -2.16. The molecule has 150 valence electrons. The van der Waals surface area contributed by atoms with Gasteiger partial charge in [0, 0.05) is 17.0 Å². The maximum atomic E-state index is 14.4. The van der Waals surface area contributed by atoms with E-state index in [1.165, 1.54) is 0 Å². The number of hydrogen-bond acceptors (Lipinski definition) is 4. The van der Waals surface area contributed by atoms with Crippen LogP contribution in [0.5, 0.6) is 5.75 Å². The van der Waals surface area contributed by atoms with Gasteiger partial charge in [0.1, 0.15) is 22.8 Å². The van der Waals surface area contributed by atoms with Crippen LogP contribution in [0.3, 0.4) is 0 Å². The van der Waals surface area contributed by atoms with E-state index in [4.69, 9.17) is 26.5 Å². The predicted molar refractivity (Wildman–Crippen MR) is 105 cm³/mol. The number of nitrogens with two attached hydrogens (primary N) is 1. The van der Waals surface area contributed by atoms with Gasteiger partial charge in [0.15, 0.2) is 17.7 Å². The Morgan fingerprint density at radius 2 is 2.00 bits per heavy atom. The van der Waals surface area contributed by atoms with Gasteiger partial charge in [-0.25, -0.2) is 13.8 Å². The SMILES string of the molecule is C=CCc1oc(C(C)Oc2ccc(F)c(C(N)=O)c2F)nc1-c1ccc(Cl)cc1. The molecule has 1 aromatic heterocycles. The van der Waals surface area contributed by atoms with Crippen LogP contribution in [0, 0.1) is 11.6 Å². The first-order valence-electron chi connectivity index (χ1n) is 8.62. The second-order valence-electron chi connectivity index (χ2n) is 6.18. The molecule has 3 aromatic rings. The van der Waals surface area contributed by atoms with Gasteiger partial charge in [0.25, 0.3) is 5.91 Å². The van der Waals surface area contributed by atoms with E-state index in [1.807, 2.05) is 0 Å². The lowest BCUT2D eigenvalue weighted by Gasteiger charge is -2.13. The van der Waals surface area contributed by atoms with Crippen LogP contribution in [0.1, 0.15) is 35.0 Å². The largest absolute Gasteiger partial charge is 0.478 e. The number of carbonyl (C=O) groups excluding carboxylic acids is 1. The van der Waals surface area contributed by atoms with Gasteiger partial charge in [-0.05, 0) is 31.2 Å². The number of carbonyl (C=O) groups is 1. The van der Waals surface area contributed by atoms with Gasteiger partial charge in [0.05, 0.1) is 0 Å². The van der Waals surface area contributed by atoms with E-state index in [9.17, 15) is 13.6 Å². The molecule has 5 nitrogen and oxygen atoms in total. The number of benzene rings is 2. The number of rotatable bonds is 7. The van der Waals surface area contributed by atoms with Crippen molar-refractivity contribution in [1.29, 1.82) is 0 Å². The van der Waals surface area contributed by atoms with E-state index in [-0.39, 0.29) is 11.6 Å². The topological polar surface area (TPSA) is 78.4 Å². The van der Waals surface area contributed by atoms with Crippen LogP contribution in [0.2, 0.25) is 5.02 Å². The van der Waals surface area contributed by atoms with Crippen LogP contribution in [0.15, 0.2) is 53.5 Å². The van der Waals surface area contributed by atoms with Gasteiger partial charge in [-0.2, -0.15) is 0 Å². The van der Waals surface area contributed by atoms with Crippen molar-refractivity contribution in [2.24, 2.45) is 5.73 Å². The van der Waals surface area contributed by atoms with Gasteiger partial charge in [-0.15, -0.1) is 6.58 Å². The quantitative estimate of drug-likeness (QED) is 0.532. The normalized spacial score (nSPS) is 11.9. The van der Waals surface area contributed by atoms with Gasteiger partial charge in [-0.3, -0.25) is 4.79 Å². The zero-order chi connectivity index (χ0) is 21.1. The number of halogens is 3.